The van der Waals surface area contributed by atoms with E-state index in [-0.39, 0.29) is 5.56 Å². The van der Waals surface area contributed by atoms with Gasteiger partial charge in [0.15, 0.2) is 0 Å². The highest BCUT2D eigenvalue weighted by atomic mass is 79.9. The van der Waals surface area contributed by atoms with Crippen LogP contribution in [0.5, 0.6) is 0 Å². The molecule has 0 saturated heterocycles. The van der Waals surface area contributed by atoms with Crippen LogP contribution in [0.1, 0.15) is 17.8 Å². The Hall–Kier alpha value is -1.94. The van der Waals surface area contributed by atoms with Crippen molar-refractivity contribution in [2.45, 2.75) is 25.8 Å². The quantitative estimate of drug-likeness (QED) is 0.685. The Morgan fingerprint density at radius 2 is 2.00 bits per heavy atom. The molecule has 1 aromatic heterocycles. The number of hydrogen-bond donors (Lipinski definition) is 0. The standard InChI is InChI=1S/C19H17BrN2O/c20-15-6-7-16-17(12-15)21-18-11-14(8-9-22(18)19(16)23)10-13-4-2-1-3-5-13/h1-7,12,14H,8-11H2. The summed E-state index contributed by atoms with van der Waals surface area (Å²) in [6.45, 7) is 0.769. The van der Waals surface area contributed by atoms with Crippen molar-refractivity contribution in [1.29, 1.82) is 0 Å². The van der Waals surface area contributed by atoms with Gasteiger partial charge in [-0.3, -0.25) is 9.36 Å². The Bertz CT molecular complexity index is 918. The molecule has 1 unspecified atom stereocenters. The Morgan fingerprint density at radius 1 is 1.17 bits per heavy atom. The molecule has 1 aliphatic heterocycles. The minimum absolute atomic E-state index is 0.0932. The molecule has 2 aromatic carbocycles. The summed E-state index contributed by atoms with van der Waals surface area (Å²) in [5, 5.41) is 0.707. The molecule has 2 heterocycles. The second-order valence-electron chi connectivity index (χ2n) is 6.19. The molecule has 4 heteroatoms. The molecule has 1 aliphatic rings. The van der Waals surface area contributed by atoms with Crippen LogP contribution < -0.4 is 5.56 Å². The van der Waals surface area contributed by atoms with Gasteiger partial charge in [-0.1, -0.05) is 46.3 Å². The van der Waals surface area contributed by atoms with E-state index in [1.807, 2.05) is 28.8 Å². The SMILES string of the molecule is O=c1c2ccc(Br)cc2nc2n1CCC(Cc1ccccc1)C2. The van der Waals surface area contributed by atoms with Gasteiger partial charge in [0, 0.05) is 17.4 Å². The third-order valence-corrected chi connectivity index (χ3v) is 5.09. The Balaban J connectivity index is 1.69. The second-order valence-corrected chi connectivity index (χ2v) is 7.11. The minimum Gasteiger partial charge on any atom is -0.296 e. The lowest BCUT2D eigenvalue weighted by atomic mass is 9.90. The molecule has 0 aliphatic carbocycles. The van der Waals surface area contributed by atoms with Crippen molar-refractivity contribution in [2.75, 3.05) is 0 Å². The van der Waals surface area contributed by atoms with E-state index in [4.69, 9.17) is 4.98 Å². The van der Waals surface area contributed by atoms with Crippen LogP contribution in [-0.2, 0) is 19.4 Å². The lowest BCUT2D eigenvalue weighted by Crippen LogP contribution is -2.32. The summed E-state index contributed by atoms with van der Waals surface area (Å²) in [4.78, 5) is 17.4. The van der Waals surface area contributed by atoms with Gasteiger partial charge in [0.05, 0.1) is 10.9 Å². The topological polar surface area (TPSA) is 34.9 Å². The van der Waals surface area contributed by atoms with Crippen molar-refractivity contribution in [1.82, 2.24) is 9.55 Å². The monoisotopic (exact) mass is 368 g/mol. The lowest BCUT2D eigenvalue weighted by Gasteiger charge is -2.25. The molecule has 3 aromatic rings. The average Bonchev–Trinajstić information content (AvgIpc) is 2.55. The smallest absolute Gasteiger partial charge is 0.261 e. The molecule has 3 nitrogen and oxygen atoms in total. The summed E-state index contributed by atoms with van der Waals surface area (Å²) < 4.78 is 2.82. The Morgan fingerprint density at radius 3 is 2.83 bits per heavy atom. The maximum atomic E-state index is 12.7. The Kier molecular flexibility index (Phi) is 3.77. The molecule has 0 fully saturated rings. The highest BCUT2D eigenvalue weighted by Gasteiger charge is 2.22. The number of hydrogen-bond acceptors (Lipinski definition) is 2. The summed E-state index contributed by atoms with van der Waals surface area (Å²) >= 11 is 3.46. The minimum atomic E-state index is 0.0932. The van der Waals surface area contributed by atoms with Gasteiger partial charge >= 0.3 is 0 Å². The average molecular weight is 369 g/mol. The highest BCUT2D eigenvalue weighted by Crippen LogP contribution is 2.24. The van der Waals surface area contributed by atoms with E-state index in [2.05, 4.69) is 40.2 Å². The first-order valence-corrected chi connectivity index (χ1v) is 8.73. The van der Waals surface area contributed by atoms with E-state index in [1.165, 1.54) is 5.56 Å². The summed E-state index contributed by atoms with van der Waals surface area (Å²) in [7, 11) is 0. The largest absolute Gasteiger partial charge is 0.296 e. The van der Waals surface area contributed by atoms with Gasteiger partial charge in [-0.15, -0.1) is 0 Å². The van der Waals surface area contributed by atoms with Crippen molar-refractivity contribution in [3.8, 4) is 0 Å². The number of halogens is 1. The van der Waals surface area contributed by atoms with Crippen molar-refractivity contribution >= 4 is 26.8 Å². The van der Waals surface area contributed by atoms with Crippen LogP contribution in [0.25, 0.3) is 10.9 Å². The third-order valence-electron chi connectivity index (χ3n) is 4.60. The molecule has 0 saturated carbocycles. The molecule has 0 spiro atoms. The zero-order valence-corrected chi connectivity index (χ0v) is 14.3. The maximum Gasteiger partial charge on any atom is 0.261 e. The van der Waals surface area contributed by atoms with E-state index >= 15 is 0 Å². The number of rotatable bonds is 2. The fourth-order valence-corrected chi connectivity index (χ4v) is 3.77. The molecule has 0 radical (unpaired) electrons. The fourth-order valence-electron chi connectivity index (χ4n) is 3.42. The number of benzene rings is 2. The first-order valence-electron chi connectivity index (χ1n) is 7.93. The Labute approximate surface area is 143 Å². The van der Waals surface area contributed by atoms with Crippen LogP contribution in [0.3, 0.4) is 0 Å². The van der Waals surface area contributed by atoms with Gasteiger partial charge in [-0.05, 0) is 42.5 Å². The number of nitrogens with zero attached hydrogens (tertiary/aromatic N) is 2. The maximum absolute atomic E-state index is 12.7. The molecule has 0 amide bonds. The van der Waals surface area contributed by atoms with Crippen molar-refractivity contribution in [3.05, 3.63) is 74.7 Å². The van der Waals surface area contributed by atoms with Crippen molar-refractivity contribution in [2.24, 2.45) is 5.92 Å². The molecule has 23 heavy (non-hydrogen) atoms. The second kappa shape index (κ2) is 5.93. The van der Waals surface area contributed by atoms with Gasteiger partial charge in [0.2, 0.25) is 0 Å². The van der Waals surface area contributed by atoms with Gasteiger partial charge in [-0.25, -0.2) is 4.98 Å². The van der Waals surface area contributed by atoms with E-state index in [9.17, 15) is 4.79 Å². The van der Waals surface area contributed by atoms with E-state index in [0.717, 1.165) is 41.6 Å². The molecule has 0 bridgehead atoms. The zero-order valence-electron chi connectivity index (χ0n) is 12.7. The molecule has 1 atom stereocenters. The summed E-state index contributed by atoms with van der Waals surface area (Å²) in [5.74, 6) is 1.47. The zero-order chi connectivity index (χ0) is 15.8. The molecule has 116 valence electrons. The van der Waals surface area contributed by atoms with Gasteiger partial charge < -0.3 is 0 Å². The molecular formula is C19H17BrN2O. The van der Waals surface area contributed by atoms with Crippen LogP contribution in [0.4, 0.5) is 0 Å². The fraction of sp³-hybridized carbons (Fsp3) is 0.263. The predicted octanol–water partition coefficient (Wildman–Crippen LogP) is 3.96. The number of aromatic nitrogens is 2. The van der Waals surface area contributed by atoms with Gasteiger partial charge in [0.1, 0.15) is 5.82 Å². The summed E-state index contributed by atoms with van der Waals surface area (Å²) in [6, 6.07) is 16.2. The normalized spacial score (nSPS) is 17.2. The molecule has 4 rings (SSSR count). The first-order chi connectivity index (χ1) is 11.2. The van der Waals surface area contributed by atoms with Crippen LogP contribution in [0.2, 0.25) is 0 Å². The van der Waals surface area contributed by atoms with E-state index in [0.29, 0.717) is 11.3 Å². The highest BCUT2D eigenvalue weighted by molar-refractivity contribution is 9.10. The van der Waals surface area contributed by atoms with Crippen molar-refractivity contribution in [3.63, 3.8) is 0 Å². The van der Waals surface area contributed by atoms with Gasteiger partial charge in [-0.2, -0.15) is 0 Å². The van der Waals surface area contributed by atoms with E-state index < -0.39 is 0 Å². The summed E-state index contributed by atoms with van der Waals surface area (Å²) in [5.41, 5.74) is 2.24. The van der Waals surface area contributed by atoms with Crippen LogP contribution in [0.15, 0.2) is 57.8 Å². The van der Waals surface area contributed by atoms with Crippen LogP contribution in [-0.4, -0.2) is 9.55 Å². The first kappa shape index (κ1) is 14.6. The van der Waals surface area contributed by atoms with Crippen molar-refractivity contribution < 1.29 is 0 Å². The predicted molar refractivity (Wildman–Crippen MR) is 95.7 cm³/mol. The number of fused-ring (bicyclic) bond motifs is 2. The molecular weight excluding hydrogens is 352 g/mol. The van der Waals surface area contributed by atoms with Crippen LogP contribution >= 0.6 is 15.9 Å². The molecule has 0 N–H and O–H groups in total. The third kappa shape index (κ3) is 2.83. The lowest BCUT2D eigenvalue weighted by molar-refractivity contribution is 0.370. The van der Waals surface area contributed by atoms with Crippen LogP contribution in [0, 0.1) is 5.92 Å². The summed E-state index contributed by atoms with van der Waals surface area (Å²) in [6.07, 6.45) is 2.95. The van der Waals surface area contributed by atoms with Gasteiger partial charge in [0.25, 0.3) is 5.56 Å². The van der Waals surface area contributed by atoms with E-state index in [1.54, 1.807) is 0 Å².